The fraction of sp³-hybridized carbons (Fsp3) is 0.281. The van der Waals surface area contributed by atoms with Crippen LogP contribution in [0.4, 0.5) is 0 Å². The largest absolute Gasteiger partial charge is 0.489 e. The molecule has 0 saturated heterocycles. The second-order valence-corrected chi connectivity index (χ2v) is 10.9. The van der Waals surface area contributed by atoms with Crippen molar-refractivity contribution in [3.05, 3.63) is 82.7 Å². The Morgan fingerprint density at radius 1 is 1.14 bits per heavy atom. The Morgan fingerprint density at radius 3 is 2.70 bits per heavy atom. The number of carbonyl (C=O) groups is 1. The molecule has 4 aromatic rings. The summed E-state index contributed by atoms with van der Waals surface area (Å²) < 4.78 is 13.6. The van der Waals surface area contributed by atoms with Crippen molar-refractivity contribution in [1.29, 1.82) is 0 Å². The molecule has 0 spiro atoms. The lowest BCUT2D eigenvalue weighted by atomic mass is 9.89. The van der Waals surface area contributed by atoms with Crippen LogP contribution >= 0.6 is 11.3 Å². The molecule has 1 aromatic heterocycles. The van der Waals surface area contributed by atoms with Gasteiger partial charge in [0.05, 0.1) is 12.3 Å². The molecule has 1 N–H and O–H groups in total. The molecular weight excluding hydrogens is 480 g/mol. The van der Waals surface area contributed by atoms with Gasteiger partial charge in [-0.3, -0.25) is 4.79 Å². The van der Waals surface area contributed by atoms with Crippen LogP contribution in [0.2, 0.25) is 0 Å². The van der Waals surface area contributed by atoms with Crippen LogP contribution in [0.3, 0.4) is 0 Å². The van der Waals surface area contributed by atoms with E-state index in [-0.39, 0.29) is 17.9 Å². The van der Waals surface area contributed by atoms with Crippen molar-refractivity contribution in [2.45, 2.75) is 58.2 Å². The van der Waals surface area contributed by atoms with E-state index in [4.69, 9.17) is 14.6 Å². The first-order valence-electron chi connectivity index (χ1n) is 12.5. The molecular formula is C32H30O4S. The Hall–Kier alpha value is -3.75. The van der Waals surface area contributed by atoms with Crippen molar-refractivity contribution in [1.82, 2.24) is 0 Å². The van der Waals surface area contributed by atoms with Gasteiger partial charge in [-0.05, 0) is 86.0 Å². The van der Waals surface area contributed by atoms with Crippen LogP contribution in [0.1, 0.15) is 56.2 Å². The highest BCUT2D eigenvalue weighted by Gasteiger charge is 2.28. The second-order valence-electron chi connectivity index (χ2n) is 10.0. The van der Waals surface area contributed by atoms with Gasteiger partial charge in [-0.25, -0.2) is 0 Å². The first-order valence-corrected chi connectivity index (χ1v) is 13.4. The van der Waals surface area contributed by atoms with Crippen LogP contribution in [-0.4, -0.2) is 16.7 Å². The first kappa shape index (κ1) is 24.9. The number of carboxylic acids is 1. The van der Waals surface area contributed by atoms with E-state index < -0.39 is 5.97 Å². The molecule has 2 heterocycles. The summed E-state index contributed by atoms with van der Waals surface area (Å²) in [6.45, 7) is 6.47. The van der Waals surface area contributed by atoms with Gasteiger partial charge in [0.2, 0.25) is 0 Å². The minimum absolute atomic E-state index is 0.0153. The molecule has 0 bridgehead atoms. The molecule has 1 aliphatic rings. The quantitative estimate of drug-likeness (QED) is 0.257. The predicted molar refractivity (Wildman–Crippen MR) is 150 cm³/mol. The molecule has 0 unspecified atom stereocenters. The van der Waals surface area contributed by atoms with E-state index in [0.717, 1.165) is 35.5 Å². The lowest BCUT2D eigenvalue weighted by Crippen LogP contribution is -2.32. The molecule has 3 aromatic carbocycles. The van der Waals surface area contributed by atoms with Crippen LogP contribution in [0.15, 0.2) is 66.0 Å². The Labute approximate surface area is 221 Å². The molecule has 0 aliphatic carbocycles. The summed E-state index contributed by atoms with van der Waals surface area (Å²) in [5, 5.41) is 12.6. The Morgan fingerprint density at radius 2 is 1.95 bits per heavy atom. The third-order valence-electron chi connectivity index (χ3n) is 6.81. The zero-order valence-corrected chi connectivity index (χ0v) is 22.2. The standard InChI is InChI=1S/C32H30O4S/c1-4-6-23(18-31(33)34)22-10-12-24(13-11-22)35-19-21-9-14-30-27(17-21)28(20-37-30)25-7-5-8-29-26(25)15-16-32(2,3)36-29/h5,7-14,17,20,23H,15-16,18-19H2,1-3H3,(H,33,34)/t23-/m0/s1. The van der Waals surface area contributed by atoms with E-state index in [1.54, 1.807) is 18.3 Å². The SMILES string of the molecule is CC#C[C@@H](CC(=O)O)c1ccc(OCc2ccc3scc(-c4cccc5c4CCC(C)(C)O5)c3c2)cc1. The number of hydrogen-bond acceptors (Lipinski definition) is 4. The average Bonchev–Trinajstić information content (AvgIpc) is 3.29. The van der Waals surface area contributed by atoms with Gasteiger partial charge in [0.1, 0.15) is 23.7 Å². The molecule has 0 saturated carbocycles. The number of thiophene rings is 1. The summed E-state index contributed by atoms with van der Waals surface area (Å²) in [6, 6.07) is 20.4. The molecule has 0 radical (unpaired) electrons. The number of hydrogen-bond donors (Lipinski definition) is 1. The van der Waals surface area contributed by atoms with Gasteiger partial charge >= 0.3 is 5.97 Å². The van der Waals surface area contributed by atoms with E-state index in [2.05, 4.69) is 67.5 Å². The van der Waals surface area contributed by atoms with Gasteiger partial charge in [-0.15, -0.1) is 17.3 Å². The zero-order chi connectivity index (χ0) is 26.0. The third kappa shape index (κ3) is 5.50. The fourth-order valence-corrected chi connectivity index (χ4v) is 5.83. The van der Waals surface area contributed by atoms with Crippen LogP contribution in [0, 0.1) is 11.8 Å². The van der Waals surface area contributed by atoms with Crippen molar-refractivity contribution in [2.75, 3.05) is 0 Å². The predicted octanol–water partition coefficient (Wildman–Crippen LogP) is 7.83. The van der Waals surface area contributed by atoms with Gasteiger partial charge in [-0.1, -0.05) is 36.3 Å². The van der Waals surface area contributed by atoms with Gasteiger partial charge in [0, 0.05) is 21.2 Å². The van der Waals surface area contributed by atoms with E-state index in [1.165, 1.54) is 26.8 Å². The second kappa shape index (κ2) is 10.3. The maximum atomic E-state index is 11.2. The topological polar surface area (TPSA) is 55.8 Å². The van der Waals surface area contributed by atoms with E-state index >= 15 is 0 Å². The lowest BCUT2D eigenvalue weighted by molar-refractivity contribution is -0.137. The Balaban J connectivity index is 1.35. The molecule has 0 fully saturated rings. The minimum atomic E-state index is -0.858. The average molecular weight is 511 g/mol. The Kier molecular flexibility index (Phi) is 6.95. The molecule has 1 atom stereocenters. The number of benzene rings is 3. The lowest BCUT2D eigenvalue weighted by Gasteiger charge is -2.33. The van der Waals surface area contributed by atoms with Crippen LogP contribution < -0.4 is 9.47 Å². The number of carboxylic acid groups (broad SMARTS) is 1. The van der Waals surface area contributed by atoms with Crippen LogP contribution in [-0.2, 0) is 17.8 Å². The first-order chi connectivity index (χ1) is 17.8. The number of rotatable bonds is 7. The number of ether oxygens (including phenoxy) is 2. The maximum Gasteiger partial charge on any atom is 0.304 e. The molecule has 37 heavy (non-hydrogen) atoms. The van der Waals surface area contributed by atoms with E-state index in [1.807, 2.05) is 24.3 Å². The van der Waals surface area contributed by atoms with Crippen LogP contribution in [0.25, 0.3) is 21.2 Å². The summed E-state index contributed by atoms with van der Waals surface area (Å²) in [7, 11) is 0. The van der Waals surface area contributed by atoms with Crippen molar-refractivity contribution in [3.63, 3.8) is 0 Å². The summed E-state index contributed by atoms with van der Waals surface area (Å²) >= 11 is 1.76. The minimum Gasteiger partial charge on any atom is -0.489 e. The van der Waals surface area contributed by atoms with Gasteiger partial charge < -0.3 is 14.6 Å². The Bertz CT molecular complexity index is 1500. The smallest absolute Gasteiger partial charge is 0.304 e. The number of aliphatic carboxylic acids is 1. The summed E-state index contributed by atoms with van der Waals surface area (Å²) in [5.74, 6) is 6.37. The normalized spacial score (nSPS) is 14.7. The number of fused-ring (bicyclic) bond motifs is 2. The van der Waals surface area contributed by atoms with Crippen LogP contribution in [0.5, 0.6) is 11.5 Å². The molecule has 188 valence electrons. The molecule has 0 amide bonds. The van der Waals surface area contributed by atoms with Gasteiger partial charge in [0.15, 0.2) is 0 Å². The highest BCUT2D eigenvalue weighted by atomic mass is 32.1. The molecule has 1 aliphatic heterocycles. The maximum absolute atomic E-state index is 11.2. The monoisotopic (exact) mass is 510 g/mol. The van der Waals surface area contributed by atoms with E-state index in [9.17, 15) is 4.79 Å². The van der Waals surface area contributed by atoms with Gasteiger partial charge in [-0.2, -0.15) is 0 Å². The van der Waals surface area contributed by atoms with E-state index in [0.29, 0.717) is 6.61 Å². The summed E-state index contributed by atoms with van der Waals surface area (Å²) in [6.07, 6.45) is 1.99. The van der Waals surface area contributed by atoms with Crippen molar-refractivity contribution < 1.29 is 19.4 Å². The highest BCUT2D eigenvalue weighted by molar-refractivity contribution is 7.17. The molecule has 5 heteroatoms. The van der Waals surface area contributed by atoms with Crippen molar-refractivity contribution in [2.24, 2.45) is 0 Å². The zero-order valence-electron chi connectivity index (χ0n) is 21.3. The van der Waals surface area contributed by atoms with Gasteiger partial charge in [0.25, 0.3) is 0 Å². The molecule has 4 nitrogen and oxygen atoms in total. The van der Waals surface area contributed by atoms with Crippen molar-refractivity contribution >= 4 is 27.4 Å². The summed E-state index contributed by atoms with van der Waals surface area (Å²) in [5.41, 5.74) is 5.63. The third-order valence-corrected chi connectivity index (χ3v) is 7.77. The summed E-state index contributed by atoms with van der Waals surface area (Å²) in [4.78, 5) is 11.2. The highest BCUT2D eigenvalue weighted by Crippen LogP contribution is 2.42. The fourth-order valence-electron chi connectivity index (χ4n) is 4.88. The molecule has 5 rings (SSSR count). The van der Waals surface area contributed by atoms with Crippen molar-refractivity contribution in [3.8, 4) is 34.5 Å².